The summed E-state index contributed by atoms with van der Waals surface area (Å²) in [4.78, 5) is 26.0. The number of rotatable bonds is 1. The summed E-state index contributed by atoms with van der Waals surface area (Å²) in [6.07, 6.45) is 0.481. The van der Waals surface area contributed by atoms with Crippen LogP contribution in [0.3, 0.4) is 0 Å². The van der Waals surface area contributed by atoms with Gasteiger partial charge in [0.2, 0.25) is 0 Å². The Bertz CT molecular complexity index is 558. The minimum Gasteiger partial charge on any atom is -0.308 e. The van der Waals surface area contributed by atoms with E-state index < -0.39 is 0 Å². The number of carbonyl (C=O) groups is 1. The molecule has 2 rings (SSSR count). The number of fused-ring (bicyclic) bond motifs is 1. The SMILES string of the molecule is Cn1c(=O)c(C=O)nc2ccccc21. The number of aromatic nitrogens is 2. The Balaban J connectivity index is 2.99. The number of benzene rings is 1. The number of hydrogen-bond acceptors (Lipinski definition) is 3. The Morgan fingerprint density at radius 2 is 2.07 bits per heavy atom. The van der Waals surface area contributed by atoms with Crippen molar-refractivity contribution >= 4 is 17.3 Å². The van der Waals surface area contributed by atoms with Gasteiger partial charge in [0.1, 0.15) is 0 Å². The fourth-order valence-corrected chi connectivity index (χ4v) is 1.38. The molecule has 0 N–H and O–H groups in total. The van der Waals surface area contributed by atoms with Crippen molar-refractivity contribution in [3.05, 3.63) is 40.3 Å². The lowest BCUT2D eigenvalue weighted by atomic mass is 10.3. The molecule has 1 aromatic heterocycles. The Labute approximate surface area is 79.8 Å². The summed E-state index contributed by atoms with van der Waals surface area (Å²) >= 11 is 0. The van der Waals surface area contributed by atoms with Gasteiger partial charge >= 0.3 is 0 Å². The third-order valence-electron chi connectivity index (χ3n) is 2.12. The van der Waals surface area contributed by atoms with Crippen molar-refractivity contribution in [2.24, 2.45) is 7.05 Å². The van der Waals surface area contributed by atoms with Crippen LogP contribution in [0.25, 0.3) is 11.0 Å². The van der Waals surface area contributed by atoms with E-state index in [0.29, 0.717) is 11.8 Å². The standard InChI is InChI=1S/C10H8N2O2/c1-12-9-5-3-2-4-7(9)11-8(6-13)10(12)14/h2-6H,1H3. The van der Waals surface area contributed by atoms with Crippen LogP contribution in [-0.4, -0.2) is 15.8 Å². The zero-order chi connectivity index (χ0) is 10.1. The smallest absolute Gasteiger partial charge is 0.280 e. The predicted molar refractivity (Wildman–Crippen MR) is 52.4 cm³/mol. The molecule has 0 unspecified atom stereocenters. The highest BCUT2D eigenvalue weighted by Crippen LogP contribution is 2.07. The van der Waals surface area contributed by atoms with E-state index in [9.17, 15) is 9.59 Å². The van der Waals surface area contributed by atoms with Crippen molar-refractivity contribution < 1.29 is 4.79 Å². The van der Waals surface area contributed by atoms with Crippen molar-refractivity contribution in [1.29, 1.82) is 0 Å². The van der Waals surface area contributed by atoms with Gasteiger partial charge in [-0.2, -0.15) is 0 Å². The van der Waals surface area contributed by atoms with Crippen molar-refractivity contribution in [3.63, 3.8) is 0 Å². The maximum Gasteiger partial charge on any atom is 0.280 e. The van der Waals surface area contributed by atoms with Gasteiger partial charge in [0, 0.05) is 7.05 Å². The van der Waals surface area contributed by atoms with Gasteiger partial charge in [-0.05, 0) is 12.1 Å². The molecule has 0 spiro atoms. The molecule has 0 aliphatic carbocycles. The summed E-state index contributed by atoms with van der Waals surface area (Å²) in [6, 6.07) is 7.19. The highest BCUT2D eigenvalue weighted by molar-refractivity contribution is 5.80. The summed E-state index contributed by atoms with van der Waals surface area (Å²) in [5.41, 5.74) is 0.963. The van der Waals surface area contributed by atoms with Crippen LogP contribution in [0.15, 0.2) is 29.1 Å². The van der Waals surface area contributed by atoms with E-state index in [1.165, 1.54) is 4.57 Å². The van der Waals surface area contributed by atoms with Crippen LogP contribution in [0, 0.1) is 0 Å². The van der Waals surface area contributed by atoms with Crippen LogP contribution in [-0.2, 0) is 7.05 Å². The van der Waals surface area contributed by atoms with Crippen molar-refractivity contribution in [1.82, 2.24) is 9.55 Å². The molecule has 70 valence electrons. The van der Waals surface area contributed by atoms with E-state index >= 15 is 0 Å². The monoisotopic (exact) mass is 188 g/mol. The number of carbonyl (C=O) groups excluding carboxylic acids is 1. The first-order valence-electron chi connectivity index (χ1n) is 4.15. The van der Waals surface area contributed by atoms with Crippen LogP contribution in [0.5, 0.6) is 0 Å². The molecule has 1 heterocycles. The zero-order valence-corrected chi connectivity index (χ0v) is 7.60. The quantitative estimate of drug-likeness (QED) is 0.620. The fraction of sp³-hybridized carbons (Fsp3) is 0.100. The number of para-hydroxylation sites is 2. The molecule has 4 heteroatoms. The first-order valence-corrected chi connectivity index (χ1v) is 4.15. The van der Waals surface area contributed by atoms with E-state index in [4.69, 9.17) is 0 Å². The Morgan fingerprint density at radius 1 is 1.36 bits per heavy atom. The molecule has 0 aliphatic rings. The minimum atomic E-state index is -0.362. The second-order valence-electron chi connectivity index (χ2n) is 2.97. The molecule has 0 bridgehead atoms. The summed E-state index contributed by atoms with van der Waals surface area (Å²) in [6.45, 7) is 0. The lowest BCUT2D eigenvalue weighted by molar-refractivity contribution is 0.111. The normalized spacial score (nSPS) is 10.4. The van der Waals surface area contributed by atoms with Gasteiger partial charge in [-0.15, -0.1) is 0 Å². The molecule has 0 amide bonds. The van der Waals surface area contributed by atoms with Crippen molar-refractivity contribution in [2.45, 2.75) is 0 Å². The van der Waals surface area contributed by atoms with E-state index in [1.807, 2.05) is 12.1 Å². The molecule has 4 nitrogen and oxygen atoms in total. The van der Waals surface area contributed by atoms with Gasteiger partial charge in [-0.25, -0.2) is 4.98 Å². The summed E-state index contributed by atoms with van der Waals surface area (Å²) < 4.78 is 1.42. The molecule has 0 saturated heterocycles. The Hall–Kier alpha value is -1.97. The number of aryl methyl sites for hydroxylation is 1. The van der Waals surface area contributed by atoms with Gasteiger partial charge in [0.05, 0.1) is 11.0 Å². The molecule has 0 fully saturated rings. The third kappa shape index (κ3) is 1.12. The molecule has 2 aromatic rings. The van der Waals surface area contributed by atoms with Crippen LogP contribution < -0.4 is 5.56 Å². The highest BCUT2D eigenvalue weighted by Gasteiger charge is 2.05. The van der Waals surface area contributed by atoms with Gasteiger partial charge in [-0.3, -0.25) is 9.59 Å². The largest absolute Gasteiger partial charge is 0.308 e. The van der Waals surface area contributed by atoms with Crippen LogP contribution in [0.4, 0.5) is 0 Å². The summed E-state index contributed by atoms with van der Waals surface area (Å²) in [5, 5.41) is 0. The lowest BCUT2D eigenvalue weighted by Crippen LogP contribution is -2.22. The van der Waals surface area contributed by atoms with Gasteiger partial charge < -0.3 is 4.57 Å². The molecular formula is C10H8N2O2. The second kappa shape index (κ2) is 3.06. The van der Waals surface area contributed by atoms with E-state index in [2.05, 4.69) is 4.98 Å². The molecule has 0 aliphatic heterocycles. The maximum absolute atomic E-state index is 11.5. The first kappa shape index (κ1) is 8.62. The Kier molecular flexibility index (Phi) is 1.89. The van der Waals surface area contributed by atoms with E-state index in [-0.39, 0.29) is 11.3 Å². The lowest BCUT2D eigenvalue weighted by Gasteiger charge is -2.03. The van der Waals surface area contributed by atoms with Gasteiger partial charge in [0.15, 0.2) is 12.0 Å². The van der Waals surface area contributed by atoms with Crippen molar-refractivity contribution in [3.8, 4) is 0 Å². The molecular weight excluding hydrogens is 180 g/mol. The number of hydrogen-bond donors (Lipinski definition) is 0. The molecule has 1 aromatic carbocycles. The summed E-state index contributed by atoms with van der Waals surface area (Å²) in [5.74, 6) is 0. The third-order valence-corrected chi connectivity index (χ3v) is 2.12. The first-order chi connectivity index (χ1) is 6.74. The molecule has 0 radical (unpaired) electrons. The molecule has 14 heavy (non-hydrogen) atoms. The van der Waals surface area contributed by atoms with Crippen molar-refractivity contribution in [2.75, 3.05) is 0 Å². The van der Waals surface area contributed by atoms with E-state index in [0.717, 1.165) is 5.52 Å². The highest BCUT2D eigenvalue weighted by atomic mass is 16.1. The average molecular weight is 188 g/mol. The topological polar surface area (TPSA) is 52.0 Å². The number of nitrogens with zero attached hydrogens (tertiary/aromatic N) is 2. The average Bonchev–Trinajstić information content (AvgIpc) is 2.23. The number of aldehydes is 1. The summed E-state index contributed by atoms with van der Waals surface area (Å²) in [7, 11) is 1.62. The van der Waals surface area contributed by atoms with Crippen LogP contribution in [0.2, 0.25) is 0 Å². The predicted octanol–water partition coefficient (Wildman–Crippen LogP) is 0.746. The fourth-order valence-electron chi connectivity index (χ4n) is 1.38. The minimum absolute atomic E-state index is 0.0498. The van der Waals surface area contributed by atoms with Gasteiger partial charge in [-0.1, -0.05) is 12.1 Å². The van der Waals surface area contributed by atoms with Crippen LogP contribution in [0.1, 0.15) is 10.5 Å². The molecule has 0 atom stereocenters. The van der Waals surface area contributed by atoms with Crippen LogP contribution >= 0.6 is 0 Å². The molecule has 0 saturated carbocycles. The second-order valence-corrected chi connectivity index (χ2v) is 2.97. The maximum atomic E-state index is 11.5. The zero-order valence-electron chi connectivity index (χ0n) is 7.60. The Morgan fingerprint density at radius 3 is 2.79 bits per heavy atom. The van der Waals surface area contributed by atoms with Gasteiger partial charge in [0.25, 0.3) is 5.56 Å². The van der Waals surface area contributed by atoms with E-state index in [1.54, 1.807) is 19.2 Å².